The molecular weight excluding hydrogens is 284 g/mol. The number of hydrogen-bond acceptors (Lipinski definition) is 2. The number of para-hydroxylation sites is 1. The Labute approximate surface area is 129 Å². The molecule has 0 unspecified atom stereocenters. The first-order valence-corrected chi connectivity index (χ1v) is 7.71. The van der Waals surface area contributed by atoms with Crippen molar-refractivity contribution in [2.24, 2.45) is 7.05 Å². The normalized spacial score (nSPS) is 11.4. The van der Waals surface area contributed by atoms with Gasteiger partial charge in [0.05, 0.1) is 16.7 Å². The minimum Gasteiger partial charge on any atom is -0.328 e. The molecule has 0 aliphatic carbocycles. The van der Waals surface area contributed by atoms with Crippen molar-refractivity contribution in [2.75, 3.05) is 5.88 Å². The Hall–Kier alpha value is -1.81. The number of hydrogen-bond donors (Lipinski definition) is 0. The molecular formula is C16H19ClN4. The Bertz CT molecular complexity index is 757. The van der Waals surface area contributed by atoms with E-state index in [1.165, 1.54) is 11.1 Å². The Morgan fingerprint density at radius 2 is 2.05 bits per heavy atom. The summed E-state index contributed by atoms with van der Waals surface area (Å²) in [6, 6.07) is 8.38. The molecule has 0 bridgehead atoms. The first-order valence-electron chi connectivity index (χ1n) is 7.18. The number of aryl methyl sites for hydroxylation is 5. The summed E-state index contributed by atoms with van der Waals surface area (Å²) in [5.41, 5.74) is 4.58. The molecule has 3 rings (SSSR count). The van der Waals surface area contributed by atoms with Crippen LogP contribution in [0.15, 0.2) is 30.5 Å². The largest absolute Gasteiger partial charge is 0.328 e. The monoisotopic (exact) mass is 302 g/mol. The third-order valence-corrected chi connectivity index (χ3v) is 3.93. The quantitative estimate of drug-likeness (QED) is 0.679. The van der Waals surface area contributed by atoms with Gasteiger partial charge in [-0.2, -0.15) is 5.10 Å². The average Bonchev–Trinajstić information content (AvgIpc) is 3.02. The van der Waals surface area contributed by atoms with Gasteiger partial charge < -0.3 is 4.57 Å². The number of halogens is 1. The topological polar surface area (TPSA) is 35.6 Å². The summed E-state index contributed by atoms with van der Waals surface area (Å²) in [5, 5.41) is 4.44. The highest BCUT2D eigenvalue weighted by Gasteiger charge is 2.12. The lowest BCUT2D eigenvalue weighted by Gasteiger charge is -2.07. The molecule has 0 saturated carbocycles. The van der Waals surface area contributed by atoms with Gasteiger partial charge in [-0.3, -0.25) is 4.68 Å². The van der Waals surface area contributed by atoms with Crippen LogP contribution in [0, 0.1) is 6.92 Å². The highest BCUT2D eigenvalue weighted by Crippen LogP contribution is 2.20. The number of rotatable bonds is 5. The Kier molecular flexibility index (Phi) is 3.97. The van der Waals surface area contributed by atoms with Gasteiger partial charge in [-0.25, -0.2) is 4.98 Å². The zero-order valence-electron chi connectivity index (χ0n) is 12.4. The van der Waals surface area contributed by atoms with Crippen molar-refractivity contribution in [2.45, 2.75) is 26.3 Å². The van der Waals surface area contributed by atoms with Crippen molar-refractivity contribution in [1.82, 2.24) is 19.3 Å². The van der Waals surface area contributed by atoms with Crippen LogP contribution in [0.25, 0.3) is 11.0 Å². The molecule has 0 fully saturated rings. The van der Waals surface area contributed by atoms with E-state index in [0.717, 1.165) is 36.4 Å². The predicted molar refractivity (Wildman–Crippen MR) is 85.8 cm³/mol. The van der Waals surface area contributed by atoms with E-state index in [9.17, 15) is 0 Å². The van der Waals surface area contributed by atoms with Crippen LogP contribution in [0.2, 0.25) is 0 Å². The Morgan fingerprint density at radius 3 is 2.76 bits per heavy atom. The second kappa shape index (κ2) is 5.90. The van der Waals surface area contributed by atoms with E-state index in [1.54, 1.807) is 0 Å². The average molecular weight is 303 g/mol. The number of fused-ring (bicyclic) bond motifs is 1. The zero-order valence-corrected chi connectivity index (χ0v) is 13.1. The molecule has 2 aromatic heterocycles. The van der Waals surface area contributed by atoms with E-state index >= 15 is 0 Å². The summed E-state index contributed by atoms with van der Waals surface area (Å²) in [6.45, 7) is 2.98. The lowest BCUT2D eigenvalue weighted by atomic mass is 10.2. The number of benzene rings is 1. The fourth-order valence-electron chi connectivity index (χ4n) is 2.68. The molecule has 110 valence electrons. The first-order chi connectivity index (χ1) is 10.2. The number of nitrogens with zero attached hydrogens (tertiary/aromatic N) is 4. The molecule has 0 spiro atoms. The smallest absolute Gasteiger partial charge is 0.111 e. The molecule has 1 aromatic carbocycles. The Morgan fingerprint density at radius 1 is 1.19 bits per heavy atom. The third kappa shape index (κ3) is 2.81. The number of alkyl halides is 1. The molecule has 0 aliphatic rings. The van der Waals surface area contributed by atoms with Crippen LogP contribution in [0.5, 0.6) is 0 Å². The molecule has 0 aliphatic heterocycles. The highest BCUT2D eigenvalue weighted by atomic mass is 35.5. The van der Waals surface area contributed by atoms with E-state index in [0.29, 0.717) is 5.88 Å². The highest BCUT2D eigenvalue weighted by molar-refractivity contribution is 6.17. The van der Waals surface area contributed by atoms with E-state index < -0.39 is 0 Å². The van der Waals surface area contributed by atoms with Crippen molar-refractivity contribution in [3.63, 3.8) is 0 Å². The lowest BCUT2D eigenvalue weighted by Crippen LogP contribution is -2.07. The van der Waals surface area contributed by atoms with Crippen molar-refractivity contribution in [1.29, 1.82) is 0 Å². The SMILES string of the molecule is Cc1cccc2c1nc(CCCl)n2CCc1ccn(C)n1. The van der Waals surface area contributed by atoms with Gasteiger partial charge in [-0.1, -0.05) is 12.1 Å². The van der Waals surface area contributed by atoms with E-state index in [1.807, 2.05) is 17.9 Å². The van der Waals surface area contributed by atoms with Gasteiger partial charge in [0.2, 0.25) is 0 Å². The first kappa shape index (κ1) is 14.1. The van der Waals surface area contributed by atoms with Crippen LogP contribution in [-0.2, 0) is 26.4 Å². The zero-order chi connectivity index (χ0) is 14.8. The number of imidazole rings is 1. The summed E-state index contributed by atoms with van der Waals surface area (Å²) in [7, 11) is 1.94. The summed E-state index contributed by atoms with van der Waals surface area (Å²) in [5.74, 6) is 1.65. The third-order valence-electron chi connectivity index (χ3n) is 3.74. The van der Waals surface area contributed by atoms with Crippen LogP contribution in [0.1, 0.15) is 17.1 Å². The van der Waals surface area contributed by atoms with Gasteiger partial charge in [0.1, 0.15) is 5.82 Å². The molecule has 0 N–H and O–H groups in total. The molecule has 2 heterocycles. The predicted octanol–water partition coefficient (Wildman–Crippen LogP) is 3.10. The van der Waals surface area contributed by atoms with Crippen LogP contribution >= 0.6 is 11.6 Å². The van der Waals surface area contributed by atoms with Gasteiger partial charge in [0.15, 0.2) is 0 Å². The minimum atomic E-state index is 0.589. The molecule has 21 heavy (non-hydrogen) atoms. The maximum Gasteiger partial charge on any atom is 0.111 e. The fraction of sp³-hybridized carbons (Fsp3) is 0.375. The summed E-state index contributed by atoms with van der Waals surface area (Å²) < 4.78 is 4.12. The number of aromatic nitrogens is 4. The van der Waals surface area contributed by atoms with Crippen LogP contribution in [0.4, 0.5) is 0 Å². The van der Waals surface area contributed by atoms with Crippen molar-refractivity contribution >= 4 is 22.6 Å². The van der Waals surface area contributed by atoms with Crippen molar-refractivity contribution in [3.05, 3.63) is 47.5 Å². The van der Waals surface area contributed by atoms with Gasteiger partial charge in [0.25, 0.3) is 0 Å². The Balaban J connectivity index is 1.95. The van der Waals surface area contributed by atoms with Crippen LogP contribution in [-0.4, -0.2) is 25.2 Å². The second-order valence-corrected chi connectivity index (χ2v) is 5.67. The van der Waals surface area contributed by atoms with E-state index in [2.05, 4.69) is 40.9 Å². The molecule has 0 atom stereocenters. The van der Waals surface area contributed by atoms with E-state index in [-0.39, 0.29) is 0 Å². The summed E-state index contributed by atoms with van der Waals surface area (Å²) in [4.78, 5) is 4.77. The standard InChI is InChI=1S/C16H19ClN4/c1-12-4-3-5-14-16(12)18-15(6-9-17)21(14)11-8-13-7-10-20(2)19-13/h3-5,7,10H,6,8-9,11H2,1-2H3. The summed E-state index contributed by atoms with van der Waals surface area (Å²) in [6.07, 6.45) is 3.67. The van der Waals surface area contributed by atoms with Crippen molar-refractivity contribution < 1.29 is 0 Å². The second-order valence-electron chi connectivity index (χ2n) is 5.29. The summed E-state index contributed by atoms with van der Waals surface area (Å²) >= 11 is 5.93. The molecule has 3 aromatic rings. The minimum absolute atomic E-state index is 0.589. The van der Waals surface area contributed by atoms with Gasteiger partial charge in [-0.05, 0) is 24.6 Å². The van der Waals surface area contributed by atoms with E-state index in [4.69, 9.17) is 16.6 Å². The fourth-order valence-corrected chi connectivity index (χ4v) is 2.85. The molecule has 4 nitrogen and oxygen atoms in total. The van der Waals surface area contributed by atoms with Crippen molar-refractivity contribution in [3.8, 4) is 0 Å². The van der Waals surface area contributed by atoms with Crippen LogP contribution in [0.3, 0.4) is 0 Å². The molecule has 0 amide bonds. The maximum atomic E-state index is 5.93. The molecule has 5 heteroatoms. The lowest BCUT2D eigenvalue weighted by molar-refractivity contribution is 0.651. The van der Waals surface area contributed by atoms with Gasteiger partial charge >= 0.3 is 0 Å². The van der Waals surface area contributed by atoms with Gasteiger partial charge in [-0.15, -0.1) is 11.6 Å². The van der Waals surface area contributed by atoms with Crippen LogP contribution < -0.4 is 0 Å². The molecule has 0 saturated heterocycles. The van der Waals surface area contributed by atoms with Gasteiger partial charge in [0, 0.05) is 38.5 Å². The maximum absolute atomic E-state index is 5.93. The molecule has 0 radical (unpaired) electrons.